The molecule has 132 valence electrons. The molecule has 1 aromatic heterocycles. The topological polar surface area (TPSA) is 73.8 Å². The SMILES string of the molecule is COc1cncc(O[C@@H]2CCN(C(=O)c3ccc(OC)c(F)c3)C2)n1. The summed E-state index contributed by atoms with van der Waals surface area (Å²) in [4.78, 5) is 22.3. The van der Waals surface area contributed by atoms with E-state index in [0.717, 1.165) is 0 Å². The van der Waals surface area contributed by atoms with E-state index in [1.54, 1.807) is 11.0 Å². The molecule has 0 saturated carbocycles. The van der Waals surface area contributed by atoms with E-state index in [-0.39, 0.29) is 23.3 Å². The van der Waals surface area contributed by atoms with Crippen molar-refractivity contribution in [1.82, 2.24) is 14.9 Å². The average molecular weight is 347 g/mol. The van der Waals surface area contributed by atoms with Crippen molar-refractivity contribution in [1.29, 1.82) is 0 Å². The zero-order chi connectivity index (χ0) is 17.8. The van der Waals surface area contributed by atoms with Gasteiger partial charge in [0.25, 0.3) is 5.91 Å². The van der Waals surface area contributed by atoms with Gasteiger partial charge in [-0.2, -0.15) is 4.98 Å². The number of amides is 1. The van der Waals surface area contributed by atoms with Gasteiger partial charge in [0.1, 0.15) is 6.10 Å². The second-order valence-corrected chi connectivity index (χ2v) is 5.53. The van der Waals surface area contributed by atoms with E-state index in [0.29, 0.717) is 31.3 Å². The average Bonchev–Trinajstić information content (AvgIpc) is 3.09. The van der Waals surface area contributed by atoms with Crippen molar-refractivity contribution < 1.29 is 23.4 Å². The second kappa shape index (κ2) is 7.33. The van der Waals surface area contributed by atoms with Gasteiger partial charge >= 0.3 is 0 Å². The molecular formula is C17H18FN3O4. The molecule has 1 atom stereocenters. The molecule has 2 aromatic rings. The predicted molar refractivity (Wildman–Crippen MR) is 86.5 cm³/mol. The summed E-state index contributed by atoms with van der Waals surface area (Å²) in [6, 6.07) is 4.17. The van der Waals surface area contributed by atoms with Crippen LogP contribution in [0.2, 0.25) is 0 Å². The first-order valence-electron chi connectivity index (χ1n) is 7.76. The monoisotopic (exact) mass is 347 g/mol. The van der Waals surface area contributed by atoms with Crippen LogP contribution >= 0.6 is 0 Å². The first kappa shape index (κ1) is 16.9. The number of nitrogens with zero attached hydrogens (tertiary/aromatic N) is 3. The van der Waals surface area contributed by atoms with Gasteiger partial charge in [0.2, 0.25) is 11.8 Å². The van der Waals surface area contributed by atoms with Crippen molar-refractivity contribution in [2.75, 3.05) is 27.3 Å². The van der Waals surface area contributed by atoms with Crippen LogP contribution in [0.15, 0.2) is 30.6 Å². The standard InChI is InChI=1S/C17H18FN3O4/c1-23-14-4-3-11(7-13(14)18)17(22)21-6-5-12(10-21)25-16-9-19-8-15(20-16)24-2/h3-4,7-9,12H,5-6,10H2,1-2H3/t12-/m1/s1. The van der Waals surface area contributed by atoms with Crippen LogP contribution in [0.3, 0.4) is 0 Å². The van der Waals surface area contributed by atoms with Gasteiger partial charge in [-0.15, -0.1) is 0 Å². The highest BCUT2D eigenvalue weighted by Crippen LogP contribution is 2.22. The third kappa shape index (κ3) is 3.78. The number of carbonyl (C=O) groups is 1. The maximum Gasteiger partial charge on any atom is 0.254 e. The molecule has 1 aliphatic rings. The second-order valence-electron chi connectivity index (χ2n) is 5.53. The minimum Gasteiger partial charge on any atom is -0.494 e. The Kier molecular flexibility index (Phi) is 4.97. The Morgan fingerprint density at radius 3 is 2.76 bits per heavy atom. The summed E-state index contributed by atoms with van der Waals surface area (Å²) in [5.74, 6) is -0.00144. The molecule has 2 heterocycles. The molecule has 1 saturated heterocycles. The predicted octanol–water partition coefficient (Wildman–Crippen LogP) is 1.93. The lowest BCUT2D eigenvalue weighted by atomic mass is 10.2. The summed E-state index contributed by atoms with van der Waals surface area (Å²) >= 11 is 0. The largest absolute Gasteiger partial charge is 0.494 e. The number of carbonyl (C=O) groups excluding carboxylic acids is 1. The molecule has 0 aliphatic carbocycles. The highest BCUT2D eigenvalue weighted by molar-refractivity contribution is 5.94. The Labute approximate surface area is 144 Å². The van der Waals surface area contributed by atoms with E-state index >= 15 is 0 Å². The minimum absolute atomic E-state index is 0.107. The van der Waals surface area contributed by atoms with Crippen molar-refractivity contribution in [3.05, 3.63) is 42.0 Å². The van der Waals surface area contributed by atoms with Crippen LogP contribution in [-0.2, 0) is 0 Å². The third-order valence-corrected chi connectivity index (χ3v) is 3.92. The van der Waals surface area contributed by atoms with E-state index < -0.39 is 5.82 Å². The Hall–Kier alpha value is -2.90. The lowest BCUT2D eigenvalue weighted by Crippen LogP contribution is -2.31. The third-order valence-electron chi connectivity index (χ3n) is 3.92. The minimum atomic E-state index is -0.563. The van der Waals surface area contributed by atoms with E-state index in [2.05, 4.69) is 9.97 Å². The van der Waals surface area contributed by atoms with Crippen molar-refractivity contribution in [3.8, 4) is 17.5 Å². The number of hydrogen-bond acceptors (Lipinski definition) is 6. The van der Waals surface area contributed by atoms with E-state index in [1.165, 1.54) is 38.7 Å². The quantitative estimate of drug-likeness (QED) is 0.823. The van der Waals surface area contributed by atoms with Crippen molar-refractivity contribution in [2.24, 2.45) is 0 Å². The summed E-state index contributed by atoms with van der Waals surface area (Å²) in [5, 5.41) is 0. The number of methoxy groups -OCH3 is 2. The van der Waals surface area contributed by atoms with Crippen molar-refractivity contribution in [2.45, 2.75) is 12.5 Å². The van der Waals surface area contributed by atoms with Crippen molar-refractivity contribution in [3.63, 3.8) is 0 Å². The highest BCUT2D eigenvalue weighted by Gasteiger charge is 2.29. The summed E-state index contributed by atoms with van der Waals surface area (Å²) in [7, 11) is 2.88. The summed E-state index contributed by atoms with van der Waals surface area (Å²) in [6.07, 6.45) is 3.43. The lowest BCUT2D eigenvalue weighted by Gasteiger charge is -2.17. The molecule has 1 aliphatic heterocycles. The van der Waals surface area contributed by atoms with Crippen LogP contribution in [0.25, 0.3) is 0 Å². The van der Waals surface area contributed by atoms with Gasteiger partial charge in [-0.1, -0.05) is 0 Å². The van der Waals surface area contributed by atoms with Crippen LogP contribution in [0.5, 0.6) is 17.5 Å². The van der Waals surface area contributed by atoms with Crippen LogP contribution in [-0.4, -0.2) is 54.2 Å². The number of ether oxygens (including phenoxy) is 3. The van der Waals surface area contributed by atoms with Crippen molar-refractivity contribution >= 4 is 5.91 Å². The molecule has 0 spiro atoms. The normalized spacial score (nSPS) is 16.6. The Morgan fingerprint density at radius 2 is 2.04 bits per heavy atom. The van der Waals surface area contributed by atoms with Gasteiger partial charge in [-0.25, -0.2) is 4.39 Å². The molecule has 25 heavy (non-hydrogen) atoms. The molecule has 1 amide bonds. The first-order valence-corrected chi connectivity index (χ1v) is 7.76. The maximum atomic E-state index is 13.8. The Morgan fingerprint density at radius 1 is 1.24 bits per heavy atom. The zero-order valence-corrected chi connectivity index (χ0v) is 13.9. The smallest absolute Gasteiger partial charge is 0.254 e. The molecule has 8 heteroatoms. The van der Waals surface area contributed by atoms with Gasteiger partial charge in [0, 0.05) is 18.5 Å². The number of likely N-dealkylation sites (tertiary alicyclic amines) is 1. The van der Waals surface area contributed by atoms with Crippen LogP contribution in [0, 0.1) is 5.82 Å². The number of aromatic nitrogens is 2. The maximum absolute atomic E-state index is 13.8. The fourth-order valence-electron chi connectivity index (χ4n) is 2.65. The molecule has 0 radical (unpaired) electrons. The number of hydrogen-bond donors (Lipinski definition) is 0. The fraction of sp³-hybridized carbons (Fsp3) is 0.353. The van der Waals surface area contributed by atoms with E-state index in [1.807, 2.05) is 0 Å². The van der Waals surface area contributed by atoms with E-state index in [4.69, 9.17) is 14.2 Å². The summed E-state index contributed by atoms with van der Waals surface area (Å²) in [6.45, 7) is 0.917. The van der Waals surface area contributed by atoms with Gasteiger partial charge < -0.3 is 19.1 Å². The van der Waals surface area contributed by atoms with Gasteiger partial charge in [0.15, 0.2) is 11.6 Å². The molecular weight excluding hydrogens is 329 g/mol. The highest BCUT2D eigenvalue weighted by atomic mass is 19.1. The summed E-state index contributed by atoms with van der Waals surface area (Å²) in [5.41, 5.74) is 0.278. The lowest BCUT2D eigenvalue weighted by molar-refractivity contribution is 0.0770. The number of halogens is 1. The summed E-state index contributed by atoms with van der Waals surface area (Å²) < 4.78 is 29.4. The van der Waals surface area contributed by atoms with Gasteiger partial charge in [0.05, 0.1) is 33.2 Å². The molecule has 0 N–H and O–H groups in total. The Balaban J connectivity index is 1.63. The fourth-order valence-corrected chi connectivity index (χ4v) is 2.65. The molecule has 7 nitrogen and oxygen atoms in total. The number of rotatable bonds is 5. The molecule has 3 rings (SSSR count). The van der Waals surface area contributed by atoms with E-state index in [9.17, 15) is 9.18 Å². The van der Waals surface area contributed by atoms with Crippen LogP contribution in [0.1, 0.15) is 16.8 Å². The van der Waals surface area contributed by atoms with Gasteiger partial charge in [-0.3, -0.25) is 9.78 Å². The zero-order valence-electron chi connectivity index (χ0n) is 13.9. The van der Waals surface area contributed by atoms with Crippen LogP contribution < -0.4 is 14.2 Å². The molecule has 0 bridgehead atoms. The molecule has 1 aromatic carbocycles. The molecule has 0 unspecified atom stereocenters. The van der Waals surface area contributed by atoms with Gasteiger partial charge in [-0.05, 0) is 18.2 Å². The first-order chi connectivity index (χ1) is 12.1. The number of benzene rings is 1. The Bertz CT molecular complexity index is 771. The molecule has 1 fully saturated rings. The van der Waals surface area contributed by atoms with Crippen LogP contribution in [0.4, 0.5) is 4.39 Å².